The first-order valence-electron chi connectivity index (χ1n) is 4.27. The van der Waals surface area contributed by atoms with Crippen molar-refractivity contribution in [2.24, 2.45) is 0 Å². The topological polar surface area (TPSA) is 29.1 Å². The van der Waals surface area contributed by atoms with Crippen LogP contribution in [0.25, 0.3) is 0 Å². The van der Waals surface area contributed by atoms with Crippen LogP contribution in [0.5, 0.6) is 0 Å². The van der Waals surface area contributed by atoms with Gasteiger partial charge in [0.15, 0.2) is 5.78 Å². The zero-order valence-electron chi connectivity index (χ0n) is 7.89. The minimum absolute atomic E-state index is 0.0490. The van der Waals surface area contributed by atoms with Crippen molar-refractivity contribution in [1.29, 1.82) is 0 Å². The number of terminal acetylenes is 1. The van der Waals surface area contributed by atoms with Crippen molar-refractivity contribution in [2.75, 3.05) is 13.1 Å². The third-order valence-corrected chi connectivity index (χ3v) is 2.07. The molecular weight excluding hydrogens is 217 g/mol. The molecule has 0 amide bonds. The Morgan fingerprint density at radius 3 is 3.00 bits per heavy atom. The molecule has 0 aliphatic carbocycles. The molecule has 1 N–H and O–H groups in total. The maximum atomic E-state index is 12.8. The lowest BCUT2D eigenvalue weighted by Gasteiger charge is -2.03. The van der Waals surface area contributed by atoms with Gasteiger partial charge >= 0.3 is 0 Å². The van der Waals surface area contributed by atoms with E-state index in [0.717, 1.165) is 6.07 Å². The molecule has 0 aromatic heterocycles. The minimum atomic E-state index is -0.486. The standard InChI is InChI=1S/C11H9ClFNO/c1-2-5-14-7-11(15)9-6-8(13)3-4-10(9)12/h1,3-4,6,14H,5,7H2. The zero-order valence-corrected chi connectivity index (χ0v) is 8.64. The van der Waals surface area contributed by atoms with E-state index >= 15 is 0 Å². The minimum Gasteiger partial charge on any atom is -0.299 e. The maximum Gasteiger partial charge on any atom is 0.178 e. The molecule has 1 aromatic carbocycles. The Kier molecular flexibility index (Phi) is 4.29. The van der Waals surface area contributed by atoms with Gasteiger partial charge in [-0.1, -0.05) is 17.5 Å². The van der Waals surface area contributed by atoms with Crippen molar-refractivity contribution in [3.8, 4) is 12.3 Å². The molecule has 0 heterocycles. The fourth-order valence-electron chi connectivity index (χ4n) is 1.05. The van der Waals surface area contributed by atoms with Crippen molar-refractivity contribution in [3.63, 3.8) is 0 Å². The number of halogens is 2. The number of nitrogens with one attached hydrogen (secondary N) is 1. The second-order valence-electron chi connectivity index (χ2n) is 2.86. The molecule has 4 heteroatoms. The van der Waals surface area contributed by atoms with Gasteiger partial charge in [0.25, 0.3) is 0 Å². The van der Waals surface area contributed by atoms with Crippen LogP contribution in [-0.2, 0) is 0 Å². The number of benzene rings is 1. The molecule has 0 radical (unpaired) electrons. The number of hydrogen-bond donors (Lipinski definition) is 1. The van der Waals surface area contributed by atoms with Crippen LogP contribution in [0, 0.1) is 18.2 Å². The fraction of sp³-hybridized carbons (Fsp3) is 0.182. The van der Waals surface area contributed by atoms with E-state index in [9.17, 15) is 9.18 Å². The smallest absolute Gasteiger partial charge is 0.178 e. The summed E-state index contributed by atoms with van der Waals surface area (Å²) in [5.74, 6) is 1.56. The summed E-state index contributed by atoms with van der Waals surface area (Å²) in [5.41, 5.74) is 0.168. The molecule has 0 aliphatic heterocycles. The van der Waals surface area contributed by atoms with Crippen molar-refractivity contribution >= 4 is 17.4 Å². The third kappa shape index (κ3) is 3.35. The number of rotatable bonds is 4. The van der Waals surface area contributed by atoms with E-state index in [1.165, 1.54) is 12.1 Å². The summed E-state index contributed by atoms with van der Waals surface area (Å²) >= 11 is 5.75. The first-order chi connectivity index (χ1) is 7.15. The first kappa shape index (κ1) is 11.7. The van der Waals surface area contributed by atoms with Gasteiger partial charge in [-0.2, -0.15) is 0 Å². The molecule has 1 aromatic rings. The van der Waals surface area contributed by atoms with Crippen LogP contribution < -0.4 is 5.32 Å². The highest BCUT2D eigenvalue weighted by molar-refractivity contribution is 6.34. The summed E-state index contributed by atoms with van der Waals surface area (Å²) in [6.07, 6.45) is 5.00. The molecule has 0 atom stereocenters. The average molecular weight is 226 g/mol. The highest BCUT2D eigenvalue weighted by atomic mass is 35.5. The van der Waals surface area contributed by atoms with Crippen LogP contribution in [0.3, 0.4) is 0 Å². The van der Waals surface area contributed by atoms with Crippen LogP contribution >= 0.6 is 11.6 Å². The quantitative estimate of drug-likeness (QED) is 0.482. The van der Waals surface area contributed by atoms with Gasteiger partial charge in [-0.25, -0.2) is 4.39 Å². The van der Waals surface area contributed by atoms with E-state index in [4.69, 9.17) is 18.0 Å². The Labute approximate surface area is 92.4 Å². The molecule has 0 spiro atoms. The lowest BCUT2D eigenvalue weighted by atomic mass is 10.1. The van der Waals surface area contributed by atoms with Crippen LogP contribution in [0.2, 0.25) is 5.02 Å². The van der Waals surface area contributed by atoms with E-state index in [0.29, 0.717) is 6.54 Å². The number of carbonyl (C=O) groups is 1. The van der Waals surface area contributed by atoms with Crippen molar-refractivity contribution in [2.45, 2.75) is 0 Å². The van der Waals surface area contributed by atoms with Gasteiger partial charge in [0, 0.05) is 5.56 Å². The summed E-state index contributed by atoms with van der Waals surface area (Å²) in [5, 5.41) is 2.95. The van der Waals surface area contributed by atoms with Crippen LogP contribution in [0.4, 0.5) is 4.39 Å². The second-order valence-corrected chi connectivity index (χ2v) is 3.26. The number of Topliss-reactive ketones (excluding diaryl/α,β-unsaturated/α-hetero) is 1. The summed E-state index contributed by atoms with van der Waals surface area (Å²) in [6, 6.07) is 3.67. The number of carbonyl (C=O) groups excluding carboxylic acids is 1. The number of ketones is 1. The zero-order chi connectivity index (χ0) is 11.3. The van der Waals surface area contributed by atoms with Crippen molar-refractivity contribution < 1.29 is 9.18 Å². The monoisotopic (exact) mass is 225 g/mol. The molecule has 0 saturated carbocycles. The molecule has 15 heavy (non-hydrogen) atoms. The van der Waals surface area contributed by atoms with E-state index in [2.05, 4.69) is 11.2 Å². The van der Waals surface area contributed by atoms with Crippen LogP contribution in [0.1, 0.15) is 10.4 Å². The first-order valence-corrected chi connectivity index (χ1v) is 4.65. The molecule has 1 rings (SSSR count). The van der Waals surface area contributed by atoms with Crippen LogP contribution in [-0.4, -0.2) is 18.9 Å². The van der Waals surface area contributed by atoms with Gasteiger partial charge in [0.05, 0.1) is 18.1 Å². The van der Waals surface area contributed by atoms with Gasteiger partial charge in [-0.3, -0.25) is 10.1 Å². The van der Waals surface area contributed by atoms with E-state index in [1.807, 2.05) is 0 Å². The third-order valence-electron chi connectivity index (χ3n) is 1.74. The van der Waals surface area contributed by atoms with Crippen molar-refractivity contribution in [3.05, 3.63) is 34.6 Å². The van der Waals surface area contributed by atoms with E-state index < -0.39 is 5.82 Å². The Balaban J connectivity index is 2.73. The highest BCUT2D eigenvalue weighted by Crippen LogP contribution is 2.17. The Bertz CT molecular complexity index is 412. The van der Waals surface area contributed by atoms with Crippen molar-refractivity contribution in [1.82, 2.24) is 5.32 Å². The van der Waals surface area contributed by atoms with Crippen LogP contribution in [0.15, 0.2) is 18.2 Å². The van der Waals surface area contributed by atoms with E-state index in [1.54, 1.807) is 0 Å². The van der Waals surface area contributed by atoms with Gasteiger partial charge in [0.1, 0.15) is 5.82 Å². The molecule has 0 bridgehead atoms. The normalized spacial score (nSPS) is 9.67. The van der Waals surface area contributed by atoms with E-state index in [-0.39, 0.29) is 22.9 Å². The number of hydrogen-bond acceptors (Lipinski definition) is 2. The lowest BCUT2D eigenvalue weighted by Crippen LogP contribution is -2.23. The second kappa shape index (κ2) is 5.50. The molecule has 2 nitrogen and oxygen atoms in total. The molecule has 0 unspecified atom stereocenters. The summed E-state index contributed by atoms with van der Waals surface area (Å²) < 4.78 is 12.8. The predicted octanol–water partition coefficient (Wildman–Crippen LogP) is 1.88. The summed E-state index contributed by atoms with van der Waals surface area (Å²) in [7, 11) is 0. The Hall–Kier alpha value is -1.37. The maximum absolute atomic E-state index is 12.8. The van der Waals surface area contributed by atoms with Gasteiger partial charge in [0.2, 0.25) is 0 Å². The SMILES string of the molecule is C#CCNCC(=O)c1cc(F)ccc1Cl. The Morgan fingerprint density at radius 2 is 2.33 bits per heavy atom. The average Bonchev–Trinajstić information content (AvgIpc) is 2.22. The predicted molar refractivity (Wildman–Crippen MR) is 57.4 cm³/mol. The Morgan fingerprint density at radius 1 is 1.60 bits per heavy atom. The largest absolute Gasteiger partial charge is 0.299 e. The summed E-state index contributed by atoms with van der Waals surface area (Å²) in [4.78, 5) is 11.5. The molecule has 0 saturated heterocycles. The van der Waals surface area contributed by atoms with Gasteiger partial charge < -0.3 is 0 Å². The molecule has 0 fully saturated rings. The molecular formula is C11H9ClFNO. The molecule has 78 valence electrons. The molecule has 0 aliphatic rings. The summed E-state index contributed by atoms with van der Waals surface area (Å²) in [6.45, 7) is 0.339. The van der Waals surface area contributed by atoms with Gasteiger partial charge in [-0.05, 0) is 18.2 Å². The fourth-order valence-corrected chi connectivity index (χ4v) is 1.28. The lowest BCUT2D eigenvalue weighted by molar-refractivity contribution is 0.0992. The highest BCUT2D eigenvalue weighted by Gasteiger charge is 2.10. The van der Waals surface area contributed by atoms with Gasteiger partial charge in [-0.15, -0.1) is 6.42 Å².